The topological polar surface area (TPSA) is 57.8 Å². The molecule has 1 amide bonds. The minimum atomic E-state index is 0.0755. The van der Waals surface area contributed by atoms with Gasteiger partial charge in [-0.2, -0.15) is 0 Å². The van der Waals surface area contributed by atoms with Gasteiger partial charge in [-0.25, -0.2) is 0 Å². The number of aromatic amines is 1. The Bertz CT molecular complexity index is 910. The van der Waals surface area contributed by atoms with Crippen molar-refractivity contribution < 1.29 is 14.3 Å². The van der Waals surface area contributed by atoms with E-state index in [9.17, 15) is 4.79 Å². The van der Waals surface area contributed by atoms with E-state index in [4.69, 9.17) is 9.47 Å². The number of carbonyl (C=O) groups excluding carboxylic acids is 1. The smallest absolute Gasteiger partial charge is 0.270 e. The monoisotopic (exact) mass is 393 g/mol. The molecule has 29 heavy (non-hydrogen) atoms. The summed E-state index contributed by atoms with van der Waals surface area (Å²) in [6.45, 7) is 7.30. The fourth-order valence-electron chi connectivity index (χ4n) is 3.62. The normalized spacial score (nSPS) is 14.9. The maximum absolute atomic E-state index is 12.8. The van der Waals surface area contributed by atoms with Gasteiger partial charge in [0.2, 0.25) is 0 Å². The van der Waals surface area contributed by atoms with Crippen LogP contribution in [0.2, 0.25) is 0 Å². The van der Waals surface area contributed by atoms with E-state index in [1.165, 1.54) is 0 Å². The molecule has 0 saturated carbocycles. The molecule has 0 aliphatic carbocycles. The molecule has 1 aromatic heterocycles. The average Bonchev–Trinajstić information content (AvgIpc) is 3.19. The van der Waals surface area contributed by atoms with E-state index in [1.807, 2.05) is 66.4 Å². The Morgan fingerprint density at radius 3 is 2.34 bits per heavy atom. The number of amides is 1. The fourth-order valence-corrected chi connectivity index (χ4v) is 3.62. The molecule has 3 aromatic rings. The average molecular weight is 393 g/mol. The minimum absolute atomic E-state index is 0.0755. The lowest BCUT2D eigenvalue weighted by Gasteiger charge is -2.34. The summed E-state index contributed by atoms with van der Waals surface area (Å²) in [6.07, 6.45) is 0. The first-order valence-corrected chi connectivity index (χ1v) is 10.2. The summed E-state index contributed by atoms with van der Waals surface area (Å²) in [5.41, 5.74) is 1.67. The van der Waals surface area contributed by atoms with Crippen molar-refractivity contribution in [2.24, 2.45) is 0 Å². The minimum Gasteiger partial charge on any atom is -0.494 e. The van der Waals surface area contributed by atoms with Crippen LogP contribution in [0.4, 0.5) is 0 Å². The van der Waals surface area contributed by atoms with Crippen molar-refractivity contribution in [2.75, 3.05) is 45.9 Å². The van der Waals surface area contributed by atoms with Crippen LogP contribution < -0.4 is 9.47 Å². The van der Waals surface area contributed by atoms with Crippen LogP contribution in [0, 0.1) is 0 Å². The van der Waals surface area contributed by atoms with Gasteiger partial charge >= 0.3 is 0 Å². The third-order valence-corrected chi connectivity index (χ3v) is 5.23. The van der Waals surface area contributed by atoms with Gasteiger partial charge in [0, 0.05) is 43.6 Å². The van der Waals surface area contributed by atoms with E-state index in [2.05, 4.69) is 9.88 Å². The molecule has 4 rings (SSSR count). The van der Waals surface area contributed by atoms with Crippen molar-refractivity contribution in [3.8, 4) is 11.5 Å². The Morgan fingerprint density at radius 1 is 0.966 bits per heavy atom. The highest BCUT2D eigenvalue weighted by atomic mass is 16.5. The molecule has 0 atom stereocenters. The van der Waals surface area contributed by atoms with Crippen molar-refractivity contribution in [1.29, 1.82) is 0 Å². The summed E-state index contributed by atoms with van der Waals surface area (Å²) in [6, 6.07) is 17.6. The second kappa shape index (κ2) is 9.01. The molecule has 2 aromatic carbocycles. The summed E-state index contributed by atoms with van der Waals surface area (Å²) in [7, 11) is 0. The van der Waals surface area contributed by atoms with Crippen molar-refractivity contribution in [2.45, 2.75) is 6.92 Å². The maximum Gasteiger partial charge on any atom is 0.270 e. The number of benzene rings is 2. The number of nitrogens with one attached hydrogen (secondary N) is 1. The summed E-state index contributed by atoms with van der Waals surface area (Å²) in [4.78, 5) is 20.3. The van der Waals surface area contributed by atoms with E-state index in [-0.39, 0.29) is 5.91 Å². The molecule has 1 aliphatic heterocycles. The number of fused-ring (bicyclic) bond motifs is 1. The molecule has 0 radical (unpaired) electrons. The lowest BCUT2D eigenvalue weighted by Crippen LogP contribution is -2.49. The number of nitrogens with zero attached hydrogens (tertiary/aromatic N) is 2. The molecular formula is C23H27N3O3. The van der Waals surface area contributed by atoms with E-state index < -0.39 is 0 Å². The van der Waals surface area contributed by atoms with Gasteiger partial charge in [0.1, 0.15) is 23.8 Å². The van der Waals surface area contributed by atoms with Crippen LogP contribution in [0.25, 0.3) is 10.9 Å². The van der Waals surface area contributed by atoms with Crippen LogP contribution in [-0.2, 0) is 0 Å². The van der Waals surface area contributed by atoms with Crippen molar-refractivity contribution in [3.05, 3.63) is 60.3 Å². The van der Waals surface area contributed by atoms with Gasteiger partial charge in [0.15, 0.2) is 0 Å². The molecule has 6 nitrogen and oxygen atoms in total. The molecule has 1 N–H and O–H groups in total. The van der Waals surface area contributed by atoms with Crippen LogP contribution in [0.1, 0.15) is 17.4 Å². The number of piperazine rings is 1. The summed E-state index contributed by atoms with van der Waals surface area (Å²) < 4.78 is 11.3. The lowest BCUT2D eigenvalue weighted by atomic mass is 10.2. The first-order chi connectivity index (χ1) is 14.2. The Hall–Kier alpha value is -2.99. The van der Waals surface area contributed by atoms with Crippen LogP contribution in [0.5, 0.6) is 11.5 Å². The first-order valence-electron chi connectivity index (χ1n) is 10.2. The molecule has 6 heteroatoms. The molecule has 0 unspecified atom stereocenters. The highest BCUT2D eigenvalue weighted by Gasteiger charge is 2.23. The number of H-pyrrole nitrogens is 1. The van der Waals surface area contributed by atoms with E-state index in [0.29, 0.717) is 18.9 Å². The zero-order valence-corrected chi connectivity index (χ0v) is 16.8. The predicted molar refractivity (Wildman–Crippen MR) is 114 cm³/mol. The van der Waals surface area contributed by atoms with Crippen molar-refractivity contribution in [3.63, 3.8) is 0 Å². The van der Waals surface area contributed by atoms with Gasteiger partial charge in [-0.1, -0.05) is 18.2 Å². The van der Waals surface area contributed by atoms with Crippen molar-refractivity contribution >= 4 is 16.8 Å². The molecule has 1 fully saturated rings. The third-order valence-electron chi connectivity index (χ3n) is 5.23. The lowest BCUT2D eigenvalue weighted by molar-refractivity contribution is 0.0615. The van der Waals surface area contributed by atoms with E-state index >= 15 is 0 Å². The van der Waals surface area contributed by atoms with Gasteiger partial charge < -0.3 is 19.4 Å². The molecule has 152 valence electrons. The van der Waals surface area contributed by atoms with E-state index in [0.717, 1.165) is 55.1 Å². The standard InChI is InChI=1S/C23H27N3O3/c1-2-28-19-7-9-20(10-8-19)29-16-15-25-11-13-26(14-12-25)23(27)22-17-18-5-3-4-6-21(18)24-22/h3-10,17,24H,2,11-16H2,1H3. The number of hydrogen-bond donors (Lipinski definition) is 1. The Morgan fingerprint density at radius 2 is 1.66 bits per heavy atom. The van der Waals surface area contributed by atoms with Gasteiger partial charge in [-0.3, -0.25) is 9.69 Å². The van der Waals surface area contributed by atoms with Gasteiger partial charge in [-0.15, -0.1) is 0 Å². The number of carbonyl (C=O) groups is 1. The summed E-state index contributed by atoms with van der Waals surface area (Å²) in [5.74, 6) is 1.78. The van der Waals surface area contributed by atoms with Crippen LogP contribution in [0.15, 0.2) is 54.6 Å². The number of ether oxygens (including phenoxy) is 2. The zero-order chi connectivity index (χ0) is 20.1. The predicted octanol–water partition coefficient (Wildman–Crippen LogP) is 3.40. The number of hydrogen-bond acceptors (Lipinski definition) is 4. The SMILES string of the molecule is CCOc1ccc(OCCN2CCN(C(=O)c3cc4ccccc4[nH]3)CC2)cc1. The van der Waals surface area contributed by atoms with Crippen LogP contribution in [-0.4, -0.2) is 66.6 Å². The highest BCUT2D eigenvalue weighted by Crippen LogP contribution is 2.18. The molecular weight excluding hydrogens is 366 g/mol. The molecule has 2 heterocycles. The first kappa shape index (κ1) is 19.3. The Labute approximate surface area is 171 Å². The molecule has 1 aliphatic rings. The molecule has 0 bridgehead atoms. The van der Waals surface area contributed by atoms with Gasteiger partial charge in [-0.05, 0) is 43.3 Å². The van der Waals surface area contributed by atoms with Crippen LogP contribution in [0.3, 0.4) is 0 Å². The van der Waals surface area contributed by atoms with Crippen molar-refractivity contribution in [1.82, 2.24) is 14.8 Å². The Balaban J connectivity index is 1.22. The number of para-hydroxylation sites is 1. The highest BCUT2D eigenvalue weighted by molar-refractivity contribution is 5.98. The zero-order valence-electron chi connectivity index (χ0n) is 16.8. The van der Waals surface area contributed by atoms with Gasteiger partial charge in [0.25, 0.3) is 5.91 Å². The number of rotatable bonds is 7. The summed E-state index contributed by atoms with van der Waals surface area (Å²) in [5, 5.41) is 1.07. The second-order valence-electron chi connectivity index (χ2n) is 7.16. The third kappa shape index (κ3) is 4.71. The molecule has 1 saturated heterocycles. The fraction of sp³-hybridized carbons (Fsp3) is 0.348. The maximum atomic E-state index is 12.8. The largest absolute Gasteiger partial charge is 0.494 e. The summed E-state index contributed by atoms with van der Waals surface area (Å²) >= 11 is 0. The van der Waals surface area contributed by atoms with Gasteiger partial charge in [0.05, 0.1) is 6.61 Å². The Kier molecular flexibility index (Phi) is 6.00. The molecule has 0 spiro atoms. The van der Waals surface area contributed by atoms with Crippen LogP contribution >= 0.6 is 0 Å². The quantitative estimate of drug-likeness (QED) is 0.668. The number of aromatic nitrogens is 1. The second-order valence-corrected chi connectivity index (χ2v) is 7.16. The van der Waals surface area contributed by atoms with E-state index in [1.54, 1.807) is 0 Å².